The van der Waals surface area contributed by atoms with E-state index in [1.54, 1.807) is 0 Å². The summed E-state index contributed by atoms with van der Waals surface area (Å²) < 4.78 is 34.1. The summed E-state index contributed by atoms with van der Waals surface area (Å²) in [7, 11) is -4.09. The van der Waals surface area contributed by atoms with Gasteiger partial charge in [-0.1, -0.05) is 5.92 Å². The van der Waals surface area contributed by atoms with E-state index in [0.29, 0.717) is 0 Å². The van der Waals surface area contributed by atoms with Crippen molar-refractivity contribution in [3.05, 3.63) is 0 Å². The molecule has 0 saturated carbocycles. The predicted molar refractivity (Wildman–Crippen MR) is 50.0 cm³/mol. The summed E-state index contributed by atoms with van der Waals surface area (Å²) in [5.41, 5.74) is 0. The first-order valence-electron chi connectivity index (χ1n) is 3.86. The molecular formula is C8H12O5S. The number of rotatable bonds is 4. The Morgan fingerprint density at radius 2 is 2.14 bits per heavy atom. The molecule has 0 aliphatic heterocycles. The molecule has 1 atom stereocenters. The van der Waals surface area contributed by atoms with E-state index in [1.807, 2.05) is 0 Å². The van der Waals surface area contributed by atoms with Crippen molar-refractivity contribution in [2.45, 2.75) is 13.8 Å². The molecule has 0 aromatic carbocycles. The first kappa shape index (κ1) is 12.9. The van der Waals surface area contributed by atoms with Gasteiger partial charge in [0, 0.05) is 6.92 Å². The fourth-order valence-corrected chi connectivity index (χ4v) is 1.50. The maximum absolute atomic E-state index is 10.5. The van der Waals surface area contributed by atoms with Gasteiger partial charge in [-0.05, 0) is 6.92 Å². The molecule has 0 aliphatic rings. The van der Waals surface area contributed by atoms with Crippen LogP contribution in [0.2, 0.25) is 0 Å². The molecule has 80 valence electrons. The van der Waals surface area contributed by atoms with Crippen molar-refractivity contribution in [2.24, 2.45) is 5.92 Å². The summed E-state index contributed by atoms with van der Waals surface area (Å²) in [4.78, 5) is 10.4. The molecule has 14 heavy (non-hydrogen) atoms. The maximum Gasteiger partial charge on any atom is 0.302 e. The standard InChI is InChI=1S/C8H12O5S/c1-3-4-8(5-13-7(2)9)6-14(10,11)12/h8H,5-6H2,1-2H3,(H,10,11,12). The van der Waals surface area contributed by atoms with E-state index < -0.39 is 27.8 Å². The van der Waals surface area contributed by atoms with E-state index >= 15 is 0 Å². The highest BCUT2D eigenvalue weighted by Gasteiger charge is 2.15. The van der Waals surface area contributed by atoms with Crippen LogP contribution in [0.3, 0.4) is 0 Å². The van der Waals surface area contributed by atoms with E-state index in [-0.39, 0.29) is 6.61 Å². The van der Waals surface area contributed by atoms with Crippen molar-refractivity contribution in [1.82, 2.24) is 0 Å². The molecule has 0 bridgehead atoms. The van der Waals surface area contributed by atoms with E-state index in [4.69, 9.17) is 4.55 Å². The van der Waals surface area contributed by atoms with Crippen molar-refractivity contribution < 1.29 is 22.5 Å². The fraction of sp³-hybridized carbons (Fsp3) is 0.625. The Kier molecular flexibility index (Phi) is 5.20. The molecule has 0 aromatic heterocycles. The van der Waals surface area contributed by atoms with Crippen LogP contribution in [0.4, 0.5) is 0 Å². The molecule has 0 heterocycles. The van der Waals surface area contributed by atoms with Crippen molar-refractivity contribution in [3.63, 3.8) is 0 Å². The minimum atomic E-state index is -4.09. The summed E-state index contributed by atoms with van der Waals surface area (Å²) >= 11 is 0. The number of ether oxygens (including phenoxy) is 1. The van der Waals surface area contributed by atoms with Crippen molar-refractivity contribution in [2.75, 3.05) is 12.4 Å². The molecule has 1 N–H and O–H groups in total. The van der Waals surface area contributed by atoms with Crippen LogP contribution in [0.1, 0.15) is 13.8 Å². The van der Waals surface area contributed by atoms with Crippen LogP contribution in [0.5, 0.6) is 0 Å². The van der Waals surface area contributed by atoms with E-state index in [9.17, 15) is 13.2 Å². The highest BCUT2D eigenvalue weighted by atomic mass is 32.2. The summed E-state index contributed by atoms with van der Waals surface area (Å²) in [6.07, 6.45) is 0. The van der Waals surface area contributed by atoms with Gasteiger partial charge in [-0.15, -0.1) is 5.92 Å². The molecule has 0 amide bonds. The fourth-order valence-electron chi connectivity index (χ4n) is 0.808. The summed E-state index contributed by atoms with van der Waals surface area (Å²) in [6, 6.07) is 0. The lowest BCUT2D eigenvalue weighted by atomic mass is 10.2. The van der Waals surface area contributed by atoms with Gasteiger partial charge in [-0.25, -0.2) is 0 Å². The Balaban J connectivity index is 4.29. The number of hydrogen-bond donors (Lipinski definition) is 1. The number of carbonyl (C=O) groups is 1. The largest absolute Gasteiger partial charge is 0.465 e. The van der Waals surface area contributed by atoms with E-state index in [2.05, 4.69) is 16.6 Å². The Labute approximate surface area is 83.2 Å². The van der Waals surface area contributed by atoms with Crippen LogP contribution in [-0.2, 0) is 19.6 Å². The Morgan fingerprint density at radius 1 is 1.57 bits per heavy atom. The number of carbonyl (C=O) groups excluding carboxylic acids is 1. The average Bonchev–Trinajstić information content (AvgIpc) is 1.98. The molecule has 5 nitrogen and oxygen atoms in total. The second kappa shape index (κ2) is 5.62. The third-order valence-corrected chi connectivity index (χ3v) is 2.07. The van der Waals surface area contributed by atoms with Gasteiger partial charge >= 0.3 is 5.97 Å². The van der Waals surface area contributed by atoms with Crippen LogP contribution in [0.25, 0.3) is 0 Å². The van der Waals surface area contributed by atoms with Gasteiger partial charge in [-0.2, -0.15) is 8.42 Å². The average molecular weight is 220 g/mol. The zero-order chi connectivity index (χ0) is 11.2. The van der Waals surface area contributed by atoms with Crippen molar-refractivity contribution >= 4 is 16.1 Å². The predicted octanol–water partition coefficient (Wildman–Crippen LogP) is 0.0768. The lowest BCUT2D eigenvalue weighted by Crippen LogP contribution is -2.20. The first-order valence-corrected chi connectivity index (χ1v) is 5.47. The number of hydrogen-bond acceptors (Lipinski definition) is 4. The first-order chi connectivity index (χ1) is 6.35. The van der Waals surface area contributed by atoms with Crippen LogP contribution >= 0.6 is 0 Å². The quantitative estimate of drug-likeness (QED) is 0.412. The third-order valence-electron chi connectivity index (χ3n) is 1.25. The number of esters is 1. The molecule has 0 aromatic rings. The zero-order valence-electron chi connectivity index (χ0n) is 7.98. The van der Waals surface area contributed by atoms with Crippen molar-refractivity contribution in [3.8, 4) is 11.8 Å². The van der Waals surface area contributed by atoms with Crippen LogP contribution in [-0.4, -0.2) is 31.3 Å². The van der Waals surface area contributed by atoms with Gasteiger partial charge in [-0.3, -0.25) is 9.35 Å². The SMILES string of the molecule is CC#CC(COC(C)=O)CS(=O)(=O)O. The van der Waals surface area contributed by atoms with Crippen molar-refractivity contribution in [1.29, 1.82) is 0 Å². The topological polar surface area (TPSA) is 80.7 Å². The molecule has 6 heteroatoms. The summed E-state index contributed by atoms with van der Waals surface area (Å²) in [5, 5.41) is 0. The highest BCUT2D eigenvalue weighted by Crippen LogP contribution is 2.00. The van der Waals surface area contributed by atoms with Crippen LogP contribution < -0.4 is 0 Å². The smallest absolute Gasteiger partial charge is 0.302 e. The lowest BCUT2D eigenvalue weighted by Gasteiger charge is -2.07. The monoisotopic (exact) mass is 220 g/mol. The van der Waals surface area contributed by atoms with Crippen LogP contribution in [0, 0.1) is 17.8 Å². The molecule has 0 saturated heterocycles. The van der Waals surface area contributed by atoms with Gasteiger partial charge in [0.2, 0.25) is 0 Å². The lowest BCUT2D eigenvalue weighted by molar-refractivity contribution is -0.141. The Morgan fingerprint density at radius 3 is 2.50 bits per heavy atom. The van der Waals surface area contributed by atoms with E-state index in [1.165, 1.54) is 13.8 Å². The second-order valence-electron chi connectivity index (χ2n) is 2.64. The Bertz CT molecular complexity index is 346. The van der Waals surface area contributed by atoms with Gasteiger partial charge in [0.1, 0.15) is 6.61 Å². The molecular weight excluding hydrogens is 208 g/mol. The maximum atomic E-state index is 10.5. The summed E-state index contributed by atoms with van der Waals surface area (Å²) in [6.45, 7) is 2.62. The molecule has 1 unspecified atom stereocenters. The van der Waals surface area contributed by atoms with Gasteiger partial charge < -0.3 is 4.74 Å². The van der Waals surface area contributed by atoms with E-state index in [0.717, 1.165) is 0 Å². The molecule has 0 spiro atoms. The molecule has 0 rings (SSSR count). The molecule has 0 aliphatic carbocycles. The zero-order valence-corrected chi connectivity index (χ0v) is 8.80. The minimum Gasteiger partial charge on any atom is -0.465 e. The van der Waals surface area contributed by atoms with Gasteiger partial charge in [0.15, 0.2) is 0 Å². The highest BCUT2D eigenvalue weighted by molar-refractivity contribution is 7.85. The third kappa shape index (κ3) is 7.58. The molecule has 0 radical (unpaired) electrons. The Hall–Kier alpha value is -1.06. The summed E-state index contributed by atoms with van der Waals surface area (Å²) in [5.74, 6) is 3.31. The van der Waals surface area contributed by atoms with Gasteiger partial charge in [0.25, 0.3) is 10.1 Å². The molecule has 0 fully saturated rings. The second-order valence-corrected chi connectivity index (χ2v) is 4.14. The minimum absolute atomic E-state index is 0.129. The van der Waals surface area contributed by atoms with Crippen LogP contribution in [0.15, 0.2) is 0 Å². The normalized spacial score (nSPS) is 12.5. The van der Waals surface area contributed by atoms with Gasteiger partial charge in [0.05, 0.1) is 11.7 Å².